The number of ether oxygens (including phenoxy) is 2. The number of nitrogens with one attached hydrogen (secondary N) is 1. The van der Waals surface area contributed by atoms with Crippen LogP contribution in [-0.4, -0.2) is 57.8 Å². The maximum atomic E-state index is 12.9. The summed E-state index contributed by atoms with van der Waals surface area (Å²) in [4.78, 5) is 23.9. The molecule has 4 aromatic rings. The molecule has 0 aliphatic carbocycles. The minimum Gasteiger partial charge on any atom is -0.497 e. The summed E-state index contributed by atoms with van der Waals surface area (Å²) in [6.07, 6.45) is 0.299. The number of aromatic nitrogens is 3. The molecule has 0 radical (unpaired) electrons. The number of hydrogen-bond donors (Lipinski definition) is 1. The first kappa shape index (κ1) is 34.8. The molecule has 1 saturated heterocycles. The molecule has 254 valence electrons. The number of urea groups is 1. The number of anilines is 1. The number of thioether (sulfide) groups is 1. The predicted molar refractivity (Wildman–Crippen MR) is 183 cm³/mol. The van der Waals surface area contributed by atoms with Crippen molar-refractivity contribution in [1.29, 1.82) is 0 Å². The predicted octanol–water partition coefficient (Wildman–Crippen LogP) is 8.39. The maximum Gasteiger partial charge on any atom is 0.573 e. The minimum absolute atomic E-state index is 0.212. The summed E-state index contributed by atoms with van der Waals surface area (Å²) in [7, 11) is 1.67. The van der Waals surface area contributed by atoms with E-state index in [-0.39, 0.29) is 23.7 Å². The van der Waals surface area contributed by atoms with Crippen LogP contribution in [0.15, 0.2) is 78.0 Å². The zero-order valence-electron chi connectivity index (χ0n) is 27.3. The highest BCUT2D eigenvalue weighted by Crippen LogP contribution is 2.37. The van der Waals surface area contributed by atoms with Gasteiger partial charge in [0.15, 0.2) is 11.0 Å². The molecule has 0 saturated carbocycles. The van der Waals surface area contributed by atoms with Gasteiger partial charge in [0, 0.05) is 29.6 Å². The number of halogens is 3. The molecule has 1 aliphatic rings. The van der Waals surface area contributed by atoms with Crippen LogP contribution in [0.25, 0.3) is 17.1 Å². The number of methoxy groups -OCH3 is 1. The van der Waals surface area contributed by atoms with E-state index >= 15 is 0 Å². The third-order valence-electron chi connectivity index (χ3n) is 7.93. The second-order valence-electron chi connectivity index (χ2n) is 11.8. The van der Waals surface area contributed by atoms with Gasteiger partial charge in [-0.3, -0.25) is 0 Å². The Morgan fingerprint density at radius 3 is 2.48 bits per heavy atom. The first-order chi connectivity index (χ1) is 23.0. The SMILES string of the molecule is COc1ccc(N2C(=NC(=O)NCCCCc3ccc(-c4ncn(-c5ccc(OC(F)(F)F)cc5)n4)cc3)SCCC2C)c(C(C)C)c1. The number of hydrogen-bond acceptors (Lipinski definition) is 6. The van der Waals surface area contributed by atoms with Crippen molar-refractivity contribution in [3.8, 4) is 28.6 Å². The third kappa shape index (κ3) is 9.09. The van der Waals surface area contributed by atoms with Crippen molar-refractivity contribution in [3.05, 3.63) is 84.2 Å². The van der Waals surface area contributed by atoms with Crippen LogP contribution in [0, 0.1) is 0 Å². The van der Waals surface area contributed by atoms with Gasteiger partial charge < -0.3 is 19.7 Å². The van der Waals surface area contributed by atoms with E-state index in [1.165, 1.54) is 35.3 Å². The Labute approximate surface area is 282 Å². The molecule has 1 aliphatic heterocycles. The van der Waals surface area contributed by atoms with Gasteiger partial charge in [-0.1, -0.05) is 49.9 Å². The van der Waals surface area contributed by atoms with Gasteiger partial charge in [-0.05, 0) is 92.1 Å². The van der Waals surface area contributed by atoms with Crippen molar-refractivity contribution in [1.82, 2.24) is 20.1 Å². The summed E-state index contributed by atoms with van der Waals surface area (Å²) in [5.74, 6) is 2.19. The van der Waals surface area contributed by atoms with E-state index in [0.717, 1.165) is 59.6 Å². The summed E-state index contributed by atoms with van der Waals surface area (Å²) in [5, 5.41) is 8.13. The van der Waals surface area contributed by atoms with E-state index < -0.39 is 6.36 Å². The standard InChI is InChI=1S/C35H39F3N6O3S/c1-23(2)30-21-29(46-4)16-17-31(30)44-24(3)18-20-48-34(44)41-33(45)39-19-6-5-7-25-8-10-26(11-9-25)32-40-22-43(42-32)27-12-14-28(15-13-27)47-35(36,37)38/h8-17,21-24H,5-7,18-20H2,1-4H3,(H,39,45). The number of alkyl halides is 3. The van der Waals surface area contributed by atoms with Crippen molar-refractivity contribution >= 4 is 28.6 Å². The normalized spacial score (nSPS) is 16.0. The molecule has 48 heavy (non-hydrogen) atoms. The number of aliphatic imine (C=N–C) groups is 1. The quantitative estimate of drug-likeness (QED) is 0.159. The molecule has 13 heteroatoms. The fraction of sp³-hybridized carbons (Fsp3) is 0.371. The number of benzene rings is 3. The molecule has 2 amide bonds. The molecule has 5 rings (SSSR count). The van der Waals surface area contributed by atoms with Crippen molar-refractivity contribution in [2.75, 3.05) is 24.3 Å². The Hall–Kier alpha value is -4.52. The van der Waals surface area contributed by atoms with Crippen molar-refractivity contribution in [3.63, 3.8) is 0 Å². The first-order valence-corrected chi connectivity index (χ1v) is 16.8. The Balaban J connectivity index is 1.11. The summed E-state index contributed by atoms with van der Waals surface area (Å²) in [6.45, 7) is 7.00. The molecular weight excluding hydrogens is 641 g/mol. The number of carbonyl (C=O) groups is 1. The van der Waals surface area contributed by atoms with Crippen LogP contribution in [-0.2, 0) is 6.42 Å². The second-order valence-corrected chi connectivity index (χ2v) is 12.8. The molecule has 1 atom stereocenters. The lowest BCUT2D eigenvalue weighted by molar-refractivity contribution is -0.274. The number of aryl methyl sites for hydroxylation is 1. The highest BCUT2D eigenvalue weighted by atomic mass is 32.2. The van der Waals surface area contributed by atoms with Crippen molar-refractivity contribution < 1.29 is 27.4 Å². The van der Waals surface area contributed by atoms with Crippen LogP contribution in [0.2, 0.25) is 0 Å². The minimum atomic E-state index is -4.74. The van der Waals surface area contributed by atoms with E-state index in [2.05, 4.69) is 62.9 Å². The van der Waals surface area contributed by atoms with E-state index in [9.17, 15) is 18.0 Å². The fourth-order valence-electron chi connectivity index (χ4n) is 5.39. The lowest BCUT2D eigenvalue weighted by Crippen LogP contribution is -2.42. The number of amidine groups is 1. The number of amides is 2. The van der Waals surface area contributed by atoms with Crippen molar-refractivity contribution in [2.45, 2.75) is 64.8 Å². The Morgan fingerprint density at radius 2 is 1.79 bits per heavy atom. The van der Waals surface area contributed by atoms with Gasteiger partial charge in [0.2, 0.25) is 0 Å². The van der Waals surface area contributed by atoms with Gasteiger partial charge in [-0.25, -0.2) is 14.5 Å². The van der Waals surface area contributed by atoms with Gasteiger partial charge in [0.1, 0.15) is 17.8 Å². The molecule has 1 N–H and O–H groups in total. The van der Waals surface area contributed by atoms with E-state index in [4.69, 9.17) is 4.74 Å². The average molecular weight is 681 g/mol. The molecule has 0 spiro atoms. The number of carbonyl (C=O) groups excluding carboxylic acids is 1. The van der Waals surface area contributed by atoms with Crippen LogP contribution in [0.5, 0.6) is 11.5 Å². The molecule has 1 unspecified atom stereocenters. The first-order valence-electron chi connectivity index (χ1n) is 15.8. The molecule has 1 fully saturated rings. The summed E-state index contributed by atoms with van der Waals surface area (Å²) in [5.41, 5.74) is 4.73. The number of unbranched alkanes of at least 4 members (excludes halogenated alkanes) is 1. The summed E-state index contributed by atoms with van der Waals surface area (Å²) in [6, 6.07) is 19.3. The average Bonchev–Trinajstić information content (AvgIpc) is 3.55. The molecule has 9 nitrogen and oxygen atoms in total. The highest BCUT2D eigenvalue weighted by molar-refractivity contribution is 8.14. The molecular formula is C35H39F3N6O3S. The summed E-state index contributed by atoms with van der Waals surface area (Å²) < 4.78 is 48.1. The monoisotopic (exact) mass is 680 g/mol. The van der Waals surface area contributed by atoms with Gasteiger partial charge >= 0.3 is 12.4 Å². The smallest absolute Gasteiger partial charge is 0.497 e. The topological polar surface area (TPSA) is 93.9 Å². The number of nitrogens with zero attached hydrogens (tertiary/aromatic N) is 5. The van der Waals surface area contributed by atoms with E-state index in [1.807, 2.05) is 30.3 Å². The van der Waals surface area contributed by atoms with Crippen LogP contribution in [0.1, 0.15) is 57.1 Å². The number of rotatable bonds is 11. The highest BCUT2D eigenvalue weighted by Gasteiger charge is 2.31. The largest absolute Gasteiger partial charge is 0.573 e. The molecule has 0 bridgehead atoms. The van der Waals surface area contributed by atoms with E-state index in [1.54, 1.807) is 18.9 Å². The Bertz CT molecular complexity index is 1710. The Morgan fingerprint density at radius 1 is 1.06 bits per heavy atom. The van der Waals surface area contributed by atoms with Crippen molar-refractivity contribution in [2.24, 2.45) is 4.99 Å². The summed E-state index contributed by atoms with van der Waals surface area (Å²) >= 11 is 1.61. The van der Waals surface area contributed by atoms with E-state index in [0.29, 0.717) is 23.2 Å². The van der Waals surface area contributed by atoms with Gasteiger partial charge in [0.25, 0.3) is 0 Å². The second kappa shape index (κ2) is 15.6. The molecule has 3 aromatic carbocycles. The zero-order valence-corrected chi connectivity index (χ0v) is 28.1. The molecule has 2 heterocycles. The van der Waals surface area contributed by atoms with Crippen LogP contribution in [0.4, 0.5) is 23.7 Å². The zero-order chi connectivity index (χ0) is 34.3. The van der Waals surface area contributed by atoms with Crippen LogP contribution >= 0.6 is 11.8 Å². The van der Waals surface area contributed by atoms with Gasteiger partial charge in [-0.15, -0.1) is 18.3 Å². The van der Waals surface area contributed by atoms with Crippen LogP contribution < -0.4 is 19.7 Å². The van der Waals surface area contributed by atoms with Gasteiger partial charge in [-0.2, -0.15) is 4.99 Å². The third-order valence-corrected chi connectivity index (χ3v) is 8.92. The lowest BCUT2D eigenvalue weighted by Gasteiger charge is -2.37. The lowest BCUT2D eigenvalue weighted by atomic mass is 9.99. The van der Waals surface area contributed by atoms with Gasteiger partial charge in [0.05, 0.1) is 12.8 Å². The van der Waals surface area contributed by atoms with Crippen LogP contribution in [0.3, 0.4) is 0 Å². The maximum absolute atomic E-state index is 12.9. The fourth-order valence-corrected chi connectivity index (χ4v) is 6.60. The molecule has 1 aromatic heterocycles. The Kier molecular flexibility index (Phi) is 11.3.